The van der Waals surface area contributed by atoms with Crippen molar-refractivity contribution < 1.29 is 23.4 Å². The molecular formula is C25H21F2N3O3. The molecule has 1 saturated heterocycles. The van der Waals surface area contributed by atoms with Gasteiger partial charge in [0, 0.05) is 32.0 Å². The predicted octanol–water partition coefficient (Wildman–Crippen LogP) is 4.84. The second-order valence-corrected chi connectivity index (χ2v) is 7.69. The van der Waals surface area contributed by atoms with Gasteiger partial charge in [0.25, 0.3) is 5.91 Å². The molecule has 8 heteroatoms. The Kier molecular flexibility index (Phi) is 6.41. The van der Waals surface area contributed by atoms with Crippen LogP contribution in [0.5, 0.6) is 11.5 Å². The summed E-state index contributed by atoms with van der Waals surface area (Å²) in [6, 6.07) is 16.5. The third-order valence-electron chi connectivity index (χ3n) is 5.49. The summed E-state index contributed by atoms with van der Waals surface area (Å²) < 4.78 is 32.7. The second kappa shape index (κ2) is 9.57. The van der Waals surface area contributed by atoms with Crippen LogP contribution in [-0.2, 0) is 0 Å². The fourth-order valence-electron chi connectivity index (χ4n) is 3.80. The van der Waals surface area contributed by atoms with Crippen molar-refractivity contribution in [1.29, 1.82) is 5.26 Å². The average molecular weight is 449 g/mol. The Labute approximate surface area is 189 Å². The van der Waals surface area contributed by atoms with Crippen molar-refractivity contribution in [2.45, 2.75) is 18.9 Å². The Bertz CT molecular complexity index is 1220. The Balaban J connectivity index is 1.48. The summed E-state index contributed by atoms with van der Waals surface area (Å²) >= 11 is 0. The van der Waals surface area contributed by atoms with Crippen LogP contribution < -0.4 is 15.0 Å². The number of ether oxygens (including phenoxy) is 1. The summed E-state index contributed by atoms with van der Waals surface area (Å²) in [5.74, 6) is -2.01. The van der Waals surface area contributed by atoms with Crippen LogP contribution in [0, 0.1) is 23.0 Å². The average Bonchev–Trinajstić information content (AvgIpc) is 2.81. The first kappa shape index (κ1) is 22.1. The van der Waals surface area contributed by atoms with Crippen LogP contribution in [0.4, 0.5) is 20.2 Å². The summed E-state index contributed by atoms with van der Waals surface area (Å²) in [7, 11) is 0. The highest BCUT2D eigenvalue weighted by molar-refractivity contribution is 6.07. The van der Waals surface area contributed by atoms with Crippen LogP contribution in [0.25, 0.3) is 0 Å². The molecule has 0 atom stereocenters. The van der Waals surface area contributed by atoms with E-state index in [0.717, 1.165) is 17.8 Å². The maximum atomic E-state index is 13.9. The molecule has 168 valence electrons. The van der Waals surface area contributed by atoms with Gasteiger partial charge in [-0.1, -0.05) is 12.1 Å². The van der Waals surface area contributed by atoms with Crippen LogP contribution in [-0.4, -0.2) is 30.2 Å². The van der Waals surface area contributed by atoms with E-state index in [4.69, 9.17) is 4.74 Å². The molecule has 3 aromatic rings. The number of piperidine rings is 1. The molecule has 0 unspecified atom stereocenters. The van der Waals surface area contributed by atoms with Crippen molar-refractivity contribution >= 4 is 17.3 Å². The lowest BCUT2D eigenvalue weighted by atomic mass is 10.0. The predicted molar refractivity (Wildman–Crippen MR) is 119 cm³/mol. The van der Waals surface area contributed by atoms with Crippen LogP contribution in [0.2, 0.25) is 0 Å². The standard InChI is InChI=1S/C25H21F2N3O3/c26-17-6-8-24(20(27)14-17)33-18-9-11-30(12-10-18)22-7-5-16(15-28)13-21(22)29-25(32)19-3-1-2-4-23(19)31/h1-8,13-14,18,31H,9-12H2,(H,29,32). The number of benzene rings is 3. The number of para-hydroxylation sites is 1. The van der Waals surface area contributed by atoms with Crippen LogP contribution in [0.15, 0.2) is 60.7 Å². The van der Waals surface area contributed by atoms with Crippen LogP contribution >= 0.6 is 0 Å². The molecule has 4 rings (SSSR count). The normalized spacial score (nSPS) is 13.9. The molecule has 1 amide bonds. The van der Waals surface area contributed by atoms with E-state index in [2.05, 4.69) is 11.4 Å². The van der Waals surface area contributed by atoms with Crippen molar-refractivity contribution in [2.75, 3.05) is 23.3 Å². The number of amides is 1. The molecule has 2 N–H and O–H groups in total. The lowest BCUT2D eigenvalue weighted by Crippen LogP contribution is -2.38. The number of nitrogens with one attached hydrogen (secondary N) is 1. The molecule has 0 aromatic heterocycles. The van der Waals surface area contributed by atoms with Gasteiger partial charge in [-0.2, -0.15) is 5.26 Å². The smallest absolute Gasteiger partial charge is 0.259 e. The highest BCUT2D eigenvalue weighted by atomic mass is 19.1. The molecule has 1 heterocycles. The first-order valence-electron chi connectivity index (χ1n) is 10.4. The zero-order chi connectivity index (χ0) is 23.4. The number of phenolic OH excluding ortho intramolecular Hbond substituents is 1. The van der Waals surface area contributed by atoms with Crippen molar-refractivity contribution in [1.82, 2.24) is 0 Å². The molecule has 0 saturated carbocycles. The second-order valence-electron chi connectivity index (χ2n) is 7.69. The van der Waals surface area contributed by atoms with E-state index in [0.29, 0.717) is 37.2 Å². The molecule has 0 radical (unpaired) electrons. The van der Waals surface area contributed by atoms with Gasteiger partial charge in [-0.15, -0.1) is 0 Å². The van der Waals surface area contributed by atoms with Crippen LogP contribution in [0.3, 0.4) is 0 Å². The fourth-order valence-corrected chi connectivity index (χ4v) is 3.80. The maximum Gasteiger partial charge on any atom is 0.259 e. The SMILES string of the molecule is N#Cc1ccc(N2CCC(Oc3ccc(F)cc3F)CC2)c(NC(=O)c2ccccc2O)c1. The fraction of sp³-hybridized carbons (Fsp3) is 0.200. The Morgan fingerprint density at radius 1 is 1.09 bits per heavy atom. The molecule has 0 spiro atoms. The van der Waals surface area contributed by atoms with Crippen molar-refractivity contribution in [2.24, 2.45) is 0 Å². The minimum Gasteiger partial charge on any atom is -0.507 e. The molecule has 6 nitrogen and oxygen atoms in total. The minimum absolute atomic E-state index is 0.0174. The number of carbonyl (C=O) groups excluding carboxylic acids is 1. The molecule has 3 aromatic carbocycles. The minimum atomic E-state index is -0.737. The van der Waals surface area contributed by atoms with E-state index < -0.39 is 17.5 Å². The third kappa shape index (κ3) is 5.04. The van der Waals surface area contributed by atoms with E-state index in [1.807, 2.05) is 4.90 Å². The quantitative estimate of drug-likeness (QED) is 0.582. The van der Waals surface area contributed by atoms with Gasteiger partial charge < -0.3 is 20.1 Å². The van der Waals surface area contributed by atoms with E-state index >= 15 is 0 Å². The third-order valence-corrected chi connectivity index (χ3v) is 5.49. The largest absolute Gasteiger partial charge is 0.507 e. The number of nitrogens with zero attached hydrogens (tertiary/aromatic N) is 2. The van der Waals surface area contributed by atoms with Gasteiger partial charge in [-0.05, 0) is 42.5 Å². The molecule has 33 heavy (non-hydrogen) atoms. The number of anilines is 2. The zero-order valence-electron chi connectivity index (χ0n) is 17.6. The van der Waals surface area contributed by atoms with E-state index in [9.17, 15) is 23.9 Å². The number of nitriles is 1. The lowest BCUT2D eigenvalue weighted by molar-refractivity contribution is 0.102. The number of hydrogen-bond donors (Lipinski definition) is 2. The zero-order valence-corrected chi connectivity index (χ0v) is 17.6. The first-order chi connectivity index (χ1) is 15.9. The number of hydrogen-bond acceptors (Lipinski definition) is 5. The highest BCUT2D eigenvalue weighted by Gasteiger charge is 2.24. The maximum absolute atomic E-state index is 13.9. The van der Waals surface area contributed by atoms with Gasteiger partial charge in [-0.3, -0.25) is 4.79 Å². The van der Waals surface area contributed by atoms with Gasteiger partial charge in [0.2, 0.25) is 0 Å². The van der Waals surface area contributed by atoms with E-state index in [-0.39, 0.29) is 23.2 Å². The number of aromatic hydroxyl groups is 1. The molecule has 0 aliphatic carbocycles. The lowest BCUT2D eigenvalue weighted by Gasteiger charge is -2.35. The number of phenols is 1. The van der Waals surface area contributed by atoms with Crippen LogP contribution in [0.1, 0.15) is 28.8 Å². The van der Waals surface area contributed by atoms with Crippen molar-refractivity contribution in [3.63, 3.8) is 0 Å². The van der Waals surface area contributed by atoms with Gasteiger partial charge in [0.15, 0.2) is 11.6 Å². The van der Waals surface area contributed by atoms with E-state index in [1.165, 1.54) is 18.2 Å². The Morgan fingerprint density at radius 3 is 2.55 bits per heavy atom. The summed E-state index contributed by atoms with van der Waals surface area (Å²) in [6.07, 6.45) is 0.937. The van der Waals surface area contributed by atoms with Gasteiger partial charge >= 0.3 is 0 Å². The number of rotatable bonds is 5. The van der Waals surface area contributed by atoms with Gasteiger partial charge in [0.1, 0.15) is 17.7 Å². The summed E-state index contributed by atoms with van der Waals surface area (Å²) in [6.45, 7) is 1.14. The molecule has 0 bridgehead atoms. The molecular weight excluding hydrogens is 428 g/mol. The Hall–Kier alpha value is -4.12. The number of carbonyl (C=O) groups is 1. The summed E-state index contributed by atoms with van der Waals surface area (Å²) in [5.41, 5.74) is 1.69. The number of halogens is 2. The first-order valence-corrected chi connectivity index (χ1v) is 10.4. The Morgan fingerprint density at radius 2 is 1.85 bits per heavy atom. The molecule has 1 aliphatic rings. The van der Waals surface area contributed by atoms with Crippen molar-refractivity contribution in [3.05, 3.63) is 83.4 Å². The monoisotopic (exact) mass is 449 g/mol. The summed E-state index contributed by atoms with van der Waals surface area (Å²) in [5, 5.41) is 22.1. The van der Waals surface area contributed by atoms with Crippen molar-refractivity contribution in [3.8, 4) is 17.6 Å². The topological polar surface area (TPSA) is 85.6 Å². The molecule has 1 aliphatic heterocycles. The van der Waals surface area contributed by atoms with E-state index in [1.54, 1.807) is 30.3 Å². The summed E-state index contributed by atoms with van der Waals surface area (Å²) in [4.78, 5) is 14.8. The highest BCUT2D eigenvalue weighted by Crippen LogP contribution is 2.32. The molecule has 1 fully saturated rings. The van der Waals surface area contributed by atoms with Gasteiger partial charge in [0.05, 0.1) is 28.6 Å². The van der Waals surface area contributed by atoms with Gasteiger partial charge in [-0.25, -0.2) is 8.78 Å².